The Hall–Kier alpha value is -1.93. The maximum absolute atomic E-state index is 11.3. The Labute approximate surface area is 128 Å². The quantitative estimate of drug-likeness (QED) is 0.835. The van der Waals surface area contributed by atoms with E-state index in [9.17, 15) is 9.90 Å². The molecule has 0 aromatic carbocycles. The zero-order chi connectivity index (χ0) is 15.4. The third-order valence-corrected chi connectivity index (χ3v) is 3.80. The van der Waals surface area contributed by atoms with E-state index >= 15 is 0 Å². The summed E-state index contributed by atoms with van der Waals surface area (Å²) in [6, 6.07) is 1.74. The van der Waals surface area contributed by atoms with Gasteiger partial charge < -0.3 is 24.8 Å². The maximum Gasteiger partial charge on any atom is 0.354 e. The topological polar surface area (TPSA) is 96.8 Å². The monoisotopic (exact) mass is 308 g/mol. The highest BCUT2D eigenvalue weighted by atomic mass is 16.5. The van der Waals surface area contributed by atoms with Crippen molar-refractivity contribution in [1.82, 2.24) is 9.97 Å². The molecule has 0 amide bonds. The zero-order valence-electron chi connectivity index (χ0n) is 12.3. The highest BCUT2D eigenvalue weighted by Crippen LogP contribution is 2.18. The van der Waals surface area contributed by atoms with Gasteiger partial charge in [0.15, 0.2) is 5.69 Å². The summed E-state index contributed by atoms with van der Waals surface area (Å²) in [5.41, 5.74) is 0.00560. The minimum absolute atomic E-state index is 0.00560. The van der Waals surface area contributed by atoms with Crippen LogP contribution in [0.15, 0.2) is 6.07 Å². The average molecular weight is 308 g/mol. The van der Waals surface area contributed by atoms with Crippen molar-refractivity contribution in [3.8, 4) is 0 Å². The van der Waals surface area contributed by atoms with Gasteiger partial charge in [-0.05, 0) is 12.8 Å². The second-order valence-corrected chi connectivity index (χ2v) is 5.37. The van der Waals surface area contributed by atoms with E-state index in [0.717, 1.165) is 12.8 Å². The molecule has 8 nitrogen and oxygen atoms in total. The molecule has 0 saturated carbocycles. The molecule has 2 aliphatic heterocycles. The van der Waals surface area contributed by atoms with E-state index in [4.69, 9.17) is 9.47 Å². The van der Waals surface area contributed by atoms with Crippen LogP contribution >= 0.6 is 0 Å². The molecule has 2 N–H and O–H groups in total. The molecule has 0 spiro atoms. The SMILES string of the molecule is O=C(O)c1cc(NC2CCOCC2)nc(N2CCOCC2)n1. The molecule has 0 unspecified atom stereocenters. The van der Waals surface area contributed by atoms with Gasteiger partial charge in [0.2, 0.25) is 5.95 Å². The first-order chi connectivity index (χ1) is 10.7. The molecule has 3 rings (SSSR count). The molecule has 1 aromatic rings. The predicted octanol–water partition coefficient (Wildman–Crippen LogP) is 0.602. The van der Waals surface area contributed by atoms with Crippen molar-refractivity contribution in [1.29, 1.82) is 0 Å². The summed E-state index contributed by atoms with van der Waals surface area (Å²) in [7, 11) is 0. The van der Waals surface area contributed by atoms with Gasteiger partial charge in [0, 0.05) is 38.4 Å². The lowest BCUT2D eigenvalue weighted by Gasteiger charge is -2.28. The molecular formula is C14H20N4O4. The van der Waals surface area contributed by atoms with Crippen molar-refractivity contribution in [2.45, 2.75) is 18.9 Å². The molecule has 22 heavy (non-hydrogen) atoms. The van der Waals surface area contributed by atoms with Gasteiger partial charge in [0.05, 0.1) is 13.2 Å². The van der Waals surface area contributed by atoms with Gasteiger partial charge in [0.1, 0.15) is 5.82 Å². The van der Waals surface area contributed by atoms with E-state index < -0.39 is 5.97 Å². The molecule has 0 aliphatic carbocycles. The standard InChI is InChI=1S/C14H20N4O4/c19-13(20)11-9-12(15-10-1-5-21-6-2-10)17-14(16-11)18-3-7-22-8-4-18/h9-10H,1-8H2,(H,19,20)(H,15,16,17). The minimum Gasteiger partial charge on any atom is -0.477 e. The van der Waals surface area contributed by atoms with Gasteiger partial charge in [-0.3, -0.25) is 0 Å². The molecule has 0 bridgehead atoms. The van der Waals surface area contributed by atoms with Gasteiger partial charge in [-0.15, -0.1) is 0 Å². The van der Waals surface area contributed by atoms with Gasteiger partial charge in [0.25, 0.3) is 0 Å². The fraction of sp³-hybridized carbons (Fsp3) is 0.643. The van der Waals surface area contributed by atoms with Crippen molar-refractivity contribution in [3.05, 3.63) is 11.8 Å². The van der Waals surface area contributed by atoms with E-state index in [0.29, 0.717) is 51.3 Å². The number of nitrogens with zero attached hydrogens (tertiary/aromatic N) is 3. The van der Waals surface area contributed by atoms with Gasteiger partial charge in [-0.2, -0.15) is 4.98 Å². The van der Waals surface area contributed by atoms with Crippen LogP contribution in [0.25, 0.3) is 0 Å². The van der Waals surface area contributed by atoms with Crippen LogP contribution in [0.5, 0.6) is 0 Å². The summed E-state index contributed by atoms with van der Waals surface area (Å²) in [6.45, 7) is 3.96. The third kappa shape index (κ3) is 3.63. The number of carboxylic acids is 1. The van der Waals surface area contributed by atoms with E-state index in [-0.39, 0.29) is 11.7 Å². The van der Waals surface area contributed by atoms with Crippen LogP contribution in [0.1, 0.15) is 23.3 Å². The van der Waals surface area contributed by atoms with Crippen LogP contribution in [0.4, 0.5) is 11.8 Å². The minimum atomic E-state index is -1.05. The first kappa shape index (κ1) is 15.0. The van der Waals surface area contributed by atoms with Crippen LogP contribution in [0.2, 0.25) is 0 Å². The lowest BCUT2D eigenvalue weighted by atomic mass is 10.1. The Kier molecular flexibility index (Phi) is 4.69. The third-order valence-electron chi connectivity index (χ3n) is 3.80. The molecule has 2 fully saturated rings. The van der Waals surface area contributed by atoms with E-state index in [2.05, 4.69) is 15.3 Å². The summed E-state index contributed by atoms with van der Waals surface area (Å²) in [6.07, 6.45) is 1.78. The van der Waals surface area contributed by atoms with Crippen molar-refractivity contribution in [3.63, 3.8) is 0 Å². The summed E-state index contributed by atoms with van der Waals surface area (Å²) < 4.78 is 10.6. The smallest absolute Gasteiger partial charge is 0.354 e. The number of carbonyl (C=O) groups is 1. The number of aromatic nitrogens is 2. The summed E-state index contributed by atoms with van der Waals surface area (Å²) >= 11 is 0. The highest BCUT2D eigenvalue weighted by molar-refractivity contribution is 5.86. The van der Waals surface area contributed by atoms with Crippen molar-refractivity contribution < 1.29 is 19.4 Å². The van der Waals surface area contributed by atoms with Crippen LogP contribution < -0.4 is 10.2 Å². The summed E-state index contributed by atoms with van der Waals surface area (Å²) in [5, 5.41) is 12.6. The number of hydrogen-bond acceptors (Lipinski definition) is 7. The molecule has 1 aromatic heterocycles. The first-order valence-electron chi connectivity index (χ1n) is 7.52. The number of rotatable bonds is 4. The highest BCUT2D eigenvalue weighted by Gasteiger charge is 2.20. The summed E-state index contributed by atoms with van der Waals surface area (Å²) in [5.74, 6) is -0.0505. The van der Waals surface area contributed by atoms with Gasteiger partial charge in [-0.25, -0.2) is 9.78 Å². The van der Waals surface area contributed by atoms with E-state index in [1.165, 1.54) is 6.07 Å². The second kappa shape index (κ2) is 6.89. The molecule has 2 saturated heterocycles. The van der Waals surface area contributed by atoms with Crippen molar-refractivity contribution in [2.24, 2.45) is 0 Å². The van der Waals surface area contributed by atoms with Crippen LogP contribution in [0.3, 0.4) is 0 Å². The van der Waals surface area contributed by atoms with Crippen molar-refractivity contribution in [2.75, 3.05) is 49.7 Å². The van der Waals surface area contributed by atoms with E-state index in [1.807, 2.05) is 4.90 Å². The van der Waals surface area contributed by atoms with Crippen molar-refractivity contribution >= 4 is 17.7 Å². The Balaban J connectivity index is 1.81. The second-order valence-electron chi connectivity index (χ2n) is 5.37. The largest absolute Gasteiger partial charge is 0.477 e. The van der Waals surface area contributed by atoms with Crippen LogP contribution in [-0.4, -0.2) is 66.6 Å². The fourth-order valence-electron chi connectivity index (χ4n) is 2.57. The summed E-state index contributed by atoms with van der Waals surface area (Å²) in [4.78, 5) is 21.9. The van der Waals surface area contributed by atoms with Gasteiger partial charge >= 0.3 is 5.97 Å². The number of morpholine rings is 1. The first-order valence-corrected chi connectivity index (χ1v) is 7.52. The Bertz CT molecular complexity index is 528. The van der Waals surface area contributed by atoms with Gasteiger partial charge in [-0.1, -0.05) is 0 Å². The molecule has 2 aliphatic rings. The average Bonchev–Trinajstić information content (AvgIpc) is 2.56. The lowest BCUT2D eigenvalue weighted by molar-refractivity contribution is 0.0690. The predicted molar refractivity (Wildman–Crippen MR) is 79.5 cm³/mol. The fourth-order valence-corrected chi connectivity index (χ4v) is 2.57. The normalized spacial score (nSPS) is 19.9. The molecule has 120 valence electrons. The van der Waals surface area contributed by atoms with E-state index in [1.54, 1.807) is 0 Å². The number of hydrogen-bond donors (Lipinski definition) is 2. The Morgan fingerprint density at radius 1 is 1.18 bits per heavy atom. The Morgan fingerprint density at radius 3 is 2.55 bits per heavy atom. The molecule has 0 radical (unpaired) electrons. The zero-order valence-corrected chi connectivity index (χ0v) is 12.3. The Morgan fingerprint density at radius 2 is 1.86 bits per heavy atom. The maximum atomic E-state index is 11.3. The molecule has 0 atom stereocenters. The number of nitrogens with one attached hydrogen (secondary N) is 1. The van der Waals surface area contributed by atoms with Crippen LogP contribution in [-0.2, 0) is 9.47 Å². The molecule has 3 heterocycles. The molecular weight excluding hydrogens is 288 g/mol. The number of aromatic carboxylic acids is 1. The number of carboxylic acid groups (broad SMARTS) is 1. The molecule has 8 heteroatoms. The number of anilines is 2. The lowest BCUT2D eigenvalue weighted by Crippen LogP contribution is -2.38. The number of ether oxygens (including phenoxy) is 2. The van der Waals surface area contributed by atoms with Crippen LogP contribution in [0, 0.1) is 0 Å².